The zero-order valence-corrected chi connectivity index (χ0v) is 14.3. The number of hydrogen-bond acceptors (Lipinski definition) is 5. The van der Waals surface area contributed by atoms with Crippen LogP contribution in [0.2, 0.25) is 0 Å². The number of aromatic nitrogens is 4. The molecule has 0 spiro atoms. The van der Waals surface area contributed by atoms with Gasteiger partial charge in [0.05, 0.1) is 11.8 Å². The third-order valence-electron chi connectivity index (χ3n) is 4.74. The molecule has 1 saturated carbocycles. The number of nitrogens with one attached hydrogen (secondary N) is 1. The van der Waals surface area contributed by atoms with Gasteiger partial charge in [0.1, 0.15) is 11.6 Å². The van der Waals surface area contributed by atoms with Gasteiger partial charge in [0, 0.05) is 37.0 Å². The quantitative estimate of drug-likeness (QED) is 0.883. The normalized spacial score (nSPS) is 20.4. The van der Waals surface area contributed by atoms with Crippen LogP contribution in [0.5, 0.6) is 0 Å². The van der Waals surface area contributed by atoms with Gasteiger partial charge in [-0.05, 0) is 45.6 Å². The second-order valence-corrected chi connectivity index (χ2v) is 6.60. The summed E-state index contributed by atoms with van der Waals surface area (Å²) < 4.78 is 0. The summed E-state index contributed by atoms with van der Waals surface area (Å²) in [7, 11) is 2.06. The summed E-state index contributed by atoms with van der Waals surface area (Å²) in [6.45, 7) is 6.91. The highest BCUT2D eigenvalue weighted by Crippen LogP contribution is 2.36. The lowest BCUT2D eigenvalue weighted by Gasteiger charge is -2.31. The van der Waals surface area contributed by atoms with Crippen LogP contribution in [-0.2, 0) is 6.42 Å². The van der Waals surface area contributed by atoms with Crippen molar-refractivity contribution in [3.63, 3.8) is 0 Å². The Labute approximate surface area is 137 Å². The number of nitrogens with zero attached hydrogens (tertiary/aromatic N) is 4. The minimum Gasteiger partial charge on any atom is -0.393 e. The predicted octanol–water partition coefficient (Wildman–Crippen LogP) is 2.04. The molecule has 23 heavy (non-hydrogen) atoms. The number of aromatic amines is 1. The Morgan fingerprint density at radius 2 is 2.00 bits per heavy atom. The Kier molecular flexibility index (Phi) is 4.35. The summed E-state index contributed by atoms with van der Waals surface area (Å²) in [5.74, 6) is 2.12. The summed E-state index contributed by atoms with van der Waals surface area (Å²) in [6.07, 6.45) is 2.40. The zero-order valence-electron chi connectivity index (χ0n) is 14.3. The average molecular weight is 315 g/mol. The third kappa shape index (κ3) is 3.37. The molecule has 0 amide bonds. The number of aliphatic hydroxyl groups excluding tert-OH is 1. The van der Waals surface area contributed by atoms with Crippen LogP contribution < -0.4 is 4.90 Å². The van der Waals surface area contributed by atoms with E-state index in [0.29, 0.717) is 5.92 Å². The molecule has 2 N–H and O–H groups in total. The number of rotatable bonds is 5. The predicted molar refractivity (Wildman–Crippen MR) is 89.8 cm³/mol. The van der Waals surface area contributed by atoms with Gasteiger partial charge in [-0.15, -0.1) is 0 Å². The van der Waals surface area contributed by atoms with E-state index < -0.39 is 0 Å². The van der Waals surface area contributed by atoms with Crippen molar-refractivity contribution in [2.45, 2.75) is 52.1 Å². The summed E-state index contributed by atoms with van der Waals surface area (Å²) in [5.41, 5.74) is 4.54. The molecule has 1 aliphatic carbocycles. The number of anilines is 1. The van der Waals surface area contributed by atoms with Crippen LogP contribution in [0.4, 0.5) is 5.82 Å². The minimum atomic E-state index is -0.163. The van der Waals surface area contributed by atoms with E-state index in [9.17, 15) is 5.11 Å². The van der Waals surface area contributed by atoms with E-state index in [1.54, 1.807) is 0 Å². The fourth-order valence-corrected chi connectivity index (χ4v) is 3.14. The standard InChI is InChI=1S/C17H25N5O/c1-10-15(11(2)21-20-10)5-6-22(4)17-9-16(18-12(3)19-17)13-7-14(23)8-13/h9,13-14,23H,5-8H2,1-4H3,(H,20,21). The second kappa shape index (κ2) is 6.28. The molecular weight excluding hydrogens is 290 g/mol. The van der Waals surface area contributed by atoms with Crippen molar-refractivity contribution in [3.05, 3.63) is 34.5 Å². The topological polar surface area (TPSA) is 77.9 Å². The lowest BCUT2D eigenvalue weighted by atomic mass is 9.80. The Hall–Kier alpha value is -1.95. The van der Waals surface area contributed by atoms with Gasteiger partial charge in [0.2, 0.25) is 0 Å². The number of likely N-dealkylation sites (N-methyl/N-ethyl adjacent to an activating group) is 1. The minimum absolute atomic E-state index is 0.163. The molecule has 0 bridgehead atoms. The first-order valence-electron chi connectivity index (χ1n) is 8.19. The van der Waals surface area contributed by atoms with Crippen molar-refractivity contribution in [1.29, 1.82) is 0 Å². The molecule has 2 aromatic heterocycles. The fraction of sp³-hybridized carbons (Fsp3) is 0.588. The van der Waals surface area contributed by atoms with E-state index in [1.807, 2.05) is 13.8 Å². The lowest BCUT2D eigenvalue weighted by molar-refractivity contribution is 0.0731. The molecule has 124 valence electrons. The fourth-order valence-electron chi connectivity index (χ4n) is 3.14. The molecule has 0 unspecified atom stereocenters. The molecule has 0 aromatic carbocycles. The highest BCUT2D eigenvalue weighted by molar-refractivity contribution is 5.41. The van der Waals surface area contributed by atoms with Gasteiger partial charge < -0.3 is 10.0 Å². The molecule has 1 aliphatic rings. The van der Waals surface area contributed by atoms with Crippen LogP contribution >= 0.6 is 0 Å². The van der Waals surface area contributed by atoms with Crippen LogP contribution in [0.1, 0.15) is 47.2 Å². The van der Waals surface area contributed by atoms with E-state index in [2.05, 4.69) is 45.1 Å². The number of H-pyrrole nitrogens is 1. The van der Waals surface area contributed by atoms with Gasteiger partial charge >= 0.3 is 0 Å². The molecule has 3 rings (SSSR count). The van der Waals surface area contributed by atoms with Gasteiger partial charge in [0.25, 0.3) is 0 Å². The van der Waals surface area contributed by atoms with E-state index in [0.717, 1.165) is 54.5 Å². The Morgan fingerprint density at radius 1 is 1.26 bits per heavy atom. The van der Waals surface area contributed by atoms with E-state index in [1.165, 1.54) is 5.56 Å². The van der Waals surface area contributed by atoms with Crippen LogP contribution in [0.3, 0.4) is 0 Å². The van der Waals surface area contributed by atoms with Gasteiger partial charge in [-0.1, -0.05) is 0 Å². The van der Waals surface area contributed by atoms with E-state index >= 15 is 0 Å². The van der Waals surface area contributed by atoms with Crippen molar-refractivity contribution >= 4 is 5.82 Å². The average Bonchev–Trinajstić information content (AvgIpc) is 2.79. The molecule has 2 heterocycles. The van der Waals surface area contributed by atoms with Crippen LogP contribution in [0.25, 0.3) is 0 Å². The maximum Gasteiger partial charge on any atom is 0.132 e. The van der Waals surface area contributed by atoms with Crippen LogP contribution in [0, 0.1) is 20.8 Å². The molecule has 2 aromatic rings. The summed E-state index contributed by atoms with van der Waals surface area (Å²) in [5, 5.41) is 16.8. The van der Waals surface area contributed by atoms with Crippen molar-refractivity contribution in [1.82, 2.24) is 20.2 Å². The Morgan fingerprint density at radius 3 is 2.61 bits per heavy atom. The third-order valence-corrected chi connectivity index (χ3v) is 4.74. The summed E-state index contributed by atoms with van der Waals surface area (Å²) >= 11 is 0. The first-order chi connectivity index (χ1) is 10.9. The number of hydrogen-bond donors (Lipinski definition) is 2. The molecule has 0 aliphatic heterocycles. The first kappa shape index (κ1) is 15.9. The maximum absolute atomic E-state index is 9.51. The highest BCUT2D eigenvalue weighted by atomic mass is 16.3. The van der Waals surface area contributed by atoms with Crippen molar-refractivity contribution in [3.8, 4) is 0 Å². The van der Waals surface area contributed by atoms with Gasteiger partial charge in [-0.3, -0.25) is 5.10 Å². The van der Waals surface area contributed by atoms with Gasteiger partial charge in [-0.25, -0.2) is 9.97 Å². The largest absolute Gasteiger partial charge is 0.393 e. The highest BCUT2D eigenvalue weighted by Gasteiger charge is 2.30. The summed E-state index contributed by atoms with van der Waals surface area (Å²) in [6, 6.07) is 2.07. The Bertz CT molecular complexity index is 671. The number of aliphatic hydroxyl groups is 1. The lowest BCUT2D eigenvalue weighted by Crippen LogP contribution is -2.28. The van der Waals surface area contributed by atoms with Gasteiger partial charge in [-0.2, -0.15) is 5.10 Å². The first-order valence-corrected chi connectivity index (χ1v) is 8.19. The molecule has 0 saturated heterocycles. The molecule has 6 heteroatoms. The van der Waals surface area contributed by atoms with Crippen molar-refractivity contribution in [2.75, 3.05) is 18.5 Å². The van der Waals surface area contributed by atoms with Crippen LogP contribution in [0.15, 0.2) is 6.07 Å². The van der Waals surface area contributed by atoms with Crippen molar-refractivity contribution < 1.29 is 5.11 Å². The molecule has 1 fully saturated rings. The molecular formula is C17H25N5O. The van der Waals surface area contributed by atoms with Crippen LogP contribution in [-0.4, -0.2) is 45.0 Å². The SMILES string of the molecule is Cc1nc(C2CC(O)C2)cc(N(C)CCc2c(C)n[nH]c2C)n1. The molecule has 0 radical (unpaired) electrons. The molecule has 0 atom stereocenters. The number of aryl methyl sites for hydroxylation is 3. The van der Waals surface area contributed by atoms with Crippen molar-refractivity contribution in [2.24, 2.45) is 0 Å². The monoisotopic (exact) mass is 315 g/mol. The van der Waals surface area contributed by atoms with E-state index in [4.69, 9.17) is 0 Å². The second-order valence-electron chi connectivity index (χ2n) is 6.60. The maximum atomic E-state index is 9.51. The summed E-state index contributed by atoms with van der Waals surface area (Å²) in [4.78, 5) is 11.3. The molecule has 6 nitrogen and oxygen atoms in total. The van der Waals surface area contributed by atoms with Gasteiger partial charge in [0.15, 0.2) is 0 Å². The zero-order chi connectivity index (χ0) is 16.6. The smallest absolute Gasteiger partial charge is 0.132 e. The van der Waals surface area contributed by atoms with E-state index in [-0.39, 0.29) is 6.10 Å². The Balaban J connectivity index is 1.70.